The van der Waals surface area contributed by atoms with E-state index in [9.17, 15) is 0 Å². The van der Waals surface area contributed by atoms with E-state index in [1.165, 1.54) is 32.8 Å². The highest BCUT2D eigenvalue weighted by atomic mass is 16.3. The lowest BCUT2D eigenvalue weighted by Gasteiger charge is -2.10. The van der Waals surface area contributed by atoms with Crippen molar-refractivity contribution in [2.45, 2.75) is 20.3 Å². The molecular weight excluding hydrogens is 344 g/mol. The Hall–Kier alpha value is -3.26. The van der Waals surface area contributed by atoms with Crippen molar-refractivity contribution in [2.75, 3.05) is 0 Å². The van der Waals surface area contributed by atoms with Gasteiger partial charge in [0, 0.05) is 27.3 Å². The Morgan fingerprint density at radius 3 is 2.57 bits per heavy atom. The van der Waals surface area contributed by atoms with Crippen molar-refractivity contribution in [2.24, 2.45) is 5.92 Å². The molecular formula is C26H20O2. The van der Waals surface area contributed by atoms with E-state index in [1.54, 1.807) is 0 Å². The monoisotopic (exact) mass is 364 g/mol. The number of fused-ring (bicyclic) bond motifs is 6. The van der Waals surface area contributed by atoms with Crippen LogP contribution in [0.1, 0.15) is 23.8 Å². The third-order valence-electron chi connectivity index (χ3n) is 5.96. The van der Waals surface area contributed by atoms with Crippen molar-refractivity contribution in [3.8, 4) is 11.1 Å². The fourth-order valence-electron chi connectivity index (χ4n) is 4.51. The maximum Gasteiger partial charge on any atom is 0.143 e. The third-order valence-corrected chi connectivity index (χ3v) is 5.96. The lowest BCUT2D eigenvalue weighted by atomic mass is 9.92. The summed E-state index contributed by atoms with van der Waals surface area (Å²) in [4.78, 5) is 0. The Bertz CT molecular complexity index is 1410. The zero-order valence-electron chi connectivity index (χ0n) is 16.0. The molecule has 3 aromatic carbocycles. The Kier molecular flexibility index (Phi) is 3.16. The number of benzene rings is 3. The van der Waals surface area contributed by atoms with Gasteiger partial charge in [0.25, 0.3) is 0 Å². The molecule has 2 heterocycles. The molecule has 0 N–H and O–H groups in total. The maximum absolute atomic E-state index is 6.36. The maximum atomic E-state index is 6.36. The van der Waals surface area contributed by atoms with Gasteiger partial charge in [-0.25, -0.2) is 0 Å². The molecule has 2 nitrogen and oxygen atoms in total. The molecule has 0 saturated carbocycles. The van der Waals surface area contributed by atoms with Gasteiger partial charge < -0.3 is 8.83 Å². The van der Waals surface area contributed by atoms with Crippen LogP contribution < -0.4 is 0 Å². The van der Waals surface area contributed by atoms with Crippen molar-refractivity contribution in [1.29, 1.82) is 0 Å². The number of para-hydroxylation sites is 2. The van der Waals surface area contributed by atoms with Gasteiger partial charge in [-0.05, 0) is 48.6 Å². The first kappa shape index (κ1) is 15.8. The molecule has 2 heteroatoms. The molecule has 136 valence electrons. The van der Waals surface area contributed by atoms with Gasteiger partial charge in [-0.15, -0.1) is 0 Å². The van der Waals surface area contributed by atoms with Gasteiger partial charge in [0.2, 0.25) is 0 Å². The molecule has 0 saturated heterocycles. The Labute approximate surface area is 163 Å². The Morgan fingerprint density at radius 2 is 1.68 bits per heavy atom. The largest absolute Gasteiger partial charge is 0.456 e. The quantitative estimate of drug-likeness (QED) is 0.307. The van der Waals surface area contributed by atoms with Crippen LogP contribution in [0.25, 0.3) is 50.1 Å². The van der Waals surface area contributed by atoms with Crippen LogP contribution in [0.5, 0.6) is 0 Å². The minimum absolute atomic E-state index is 0.540. The van der Waals surface area contributed by atoms with Crippen molar-refractivity contribution in [3.05, 3.63) is 77.6 Å². The molecule has 1 aliphatic carbocycles. The van der Waals surface area contributed by atoms with E-state index in [-0.39, 0.29) is 0 Å². The van der Waals surface area contributed by atoms with Crippen LogP contribution in [0.3, 0.4) is 0 Å². The van der Waals surface area contributed by atoms with Crippen LogP contribution in [0.2, 0.25) is 0 Å². The highest BCUT2D eigenvalue weighted by Crippen LogP contribution is 2.39. The van der Waals surface area contributed by atoms with E-state index in [4.69, 9.17) is 8.83 Å². The van der Waals surface area contributed by atoms with Crippen LogP contribution in [-0.4, -0.2) is 0 Å². The second kappa shape index (κ2) is 5.62. The van der Waals surface area contributed by atoms with Crippen LogP contribution in [-0.2, 0) is 6.42 Å². The zero-order valence-corrected chi connectivity index (χ0v) is 16.0. The molecule has 0 amide bonds. The molecule has 0 radical (unpaired) electrons. The highest BCUT2D eigenvalue weighted by molar-refractivity contribution is 6.10. The van der Waals surface area contributed by atoms with Gasteiger partial charge in [-0.2, -0.15) is 0 Å². The van der Waals surface area contributed by atoms with Gasteiger partial charge in [0.05, 0.1) is 0 Å². The molecule has 0 aliphatic heterocycles. The molecule has 28 heavy (non-hydrogen) atoms. The van der Waals surface area contributed by atoms with E-state index >= 15 is 0 Å². The Morgan fingerprint density at radius 1 is 0.857 bits per heavy atom. The molecule has 6 rings (SSSR count). The minimum atomic E-state index is 0.540. The number of furan rings is 2. The van der Waals surface area contributed by atoms with Crippen molar-refractivity contribution >= 4 is 39.0 Å². The summed E-state index contributed by atoms with van der Waals surface area (Å²) in [6, 6.07) is 19.2. The molecule has 1 unspecified atom stereocenters. The number of rotatable bonds is 1. The number of allylic oxidation sites excluding steroid dienone is 1. The molecule has 0 spiro atoms. The predicted octanol–water partition coefficient (Wildman–Crippen LogP) is 7.51. The van der Waals surface area contributed by atoms with E-state index in [1.807, 2.05) is 0 Å². The van der Waals surface area contributed by atoms with Gasteiger partial charge >= 0.3 is 0 Å². The fourth-order valence-corrected chi connectivity index (χ4v) is 4.51. The lowest BCUT2D eigenvalue weighted by molar-refractivity contribution is 0.584. The average molecular weight is 364 g/mol. The van der Waals surface area contributed by atoms with Crippen molar-refractivity contribution < 1.29 is 8.83 Å². The van der Waals surface area contributed by atoms with Crippen molar-refractivity contribution in [3.63, 3.8) is 0 Å². The highest BCUT2D eigenvalue weighted by Gasteiger charge is 2.19. The first-order chi connectivity index (χ1) is 13.7. The van der Waals surface area contributed by atoms with Gasteiger partial charge in [0.15, 0.2) is 0 Å². The van der Waals surface area contributed by atoms with Gasteiger partial charge in [0.1, 0.15) is 22.5 Å². The fraction of sp³-hybridized carbons (Fsp3) is 0.154. The SMILES string of the molecule is Cc1cccc2c1oc1c(-c3ccc4oc5c(c4c3)CC(C)C=C5)cccc12. The summed E-state index contributed by atoms with van der Waals surface area (Å²) in [6.45, 7) is 4.35. The second-order valence-electron chi connectivity index (χ2n) is 7.93. The minimum Gasteiger partial charge on any atom is -0.456 e. The number of hydrogen-bond acceptors (Lipinski definition) is 2. The molecule has 0 bridgehead atoms. The first-order valence-corrected chi connectivity index (χ1v) is 9.84. The van der Waals surface area contributed by atoms with Crippen LogP contribution in [0.4, 0.5) is 0 Å². The van der Waals surface area contributed by atoms with Crippen LogP contribution in [0.15, 0.2) is 69.5 Å². The van der Waals surface area contributed by atoms with E-state index in [0.717, 1.165) is 34.5 Å². The number of hydrogen-bond donors (Lipinski definition) is 0. The van der Waals surface area contributed by atoms with E-state index in [0.29, 0.717) is 5.92 Å². The Balaban J connectivity index is 1.62. The molecule has 1 atom stereocenters. The van der Waals surface area contributed by atoms with E-state index < -0.39 is 0 Å². The second-order valence-corrected chi connectivity index (χ2v) is 7.93. The van der Waals surface area contributed by atoms with E-state index in [2.05, 4.69) is 80.6 Å². The first-order valence-electron chi connectivity index (χ1n) is 9.84. The van der Waals surface area contributed by atoms with Gasteiger partial charge in [-0.3, -0.25) is 0 Å². The normalized spacial score (nSPS) is 16.3. The molecule has 2 aromatic heterocycles. The molecule has 0 fully saturated rings. The summed E-state index contributed by atoms with van der Waals surface area (Å²) in [6.07, 6.45) is 5.37. The standard InChI is InChI=1S/C26H20O2/c1-15-9-11-23-21(13-15)22-14-17(10-12-24(22)27-23)18-6-4-8-20-19-7-3-5-16(2)25(19)28-26(18)20/h3-12,14-15H,13H2,1-2H3. The summed E-state index contributed by atoms with van der Waals surface area (Å²) >= 11 is 0. The zero-order chi connectivity index (χ0) is 18.8. The molecule has 1 aliphatic rings. The molecule has 5 aromatic rings. The average Bonchev–Trinajstić information content (AvgIpc) is 3.26. The van der Waals surface area contributed by atoms with Gasteiger partial charge in [-0.1, -0.05) is 55.5 Å². The smallest absolute Gasteiger partial charge is 0.143 e. The summed E-state index contributed by atoms with van der Waals surface area (Å²) in [5.41, 5.74) is 7.67. The summed E-state index contributed by atoms with van der Waals surface area (Å²) in [7, 11) is 0. The third kappa shape index (κ3) is 2.15. The van der Waals surface area contributed by atoms with Crippen LogP contribution in [0, 0.1) is 12.8 Å². The lowest BCUT2D eigenvalue weighted by Crippen LogP contribution is -2.00. The number of aryl methyl sites for hydroxylation is 1. The summed E-state index contributed by atoms with van der Waals surface area (Å²) < 4.78 is 12.4. The topological polar surface area (TPSA) is 26.3 Å². The van der Waals surface area contributed by atoms with Crippen LogP contribution >= 0.6 is 0 Å². The summed E-state index contributed by atoms with van der Waals surface area (Å²) in [5.74, 6) is 1.54. The predicted molar refractivity (Wildman–Crippen MR) is 116 cm³/mol. The van der Waals surface area contributed by atoms with Crippen molar-refractivity contribution in [1.82, 2.24) is 0 Å². The summed E-state index contributed by atoms with van der Waals surface area (Å²) in [5, 5.41) is 3.56.